The Morgan fingerprint density at radius 1 is 1.22 bits per heavy atom. The van der Waals surface area contributed by atoms with Crippen LogP contribution in [-0.2, 0) is 9.53 Å². The molecule has 1 amide bonds. The Morgan fingerprint density at radius 3 is 1.83 bits per heavy atom. The maximum atomic E-state index is 11.3. The molecule has 0 rings (SSSR count). The van der Waals surface area contributed by atoms with E-state index < -0.39 is 7.25 Å². The first-order valence-electron chi connectivity index (χ1n) is 5.22. The van der Waals surface area contributed by atoms with Gasteiger partial charge in [-0.05, 0) is 6.92 Å². The molecule has 0 unspecified atom stereocenters. The molecule has 0 aliphatic rings. The molecule has 0 aromatic rings. The molecule has 0 aliphatic carbocycles. The first kappa shape index (κ1) is 19.1. The largest absolute Gasteiger partial charge is 0.673 e. The van der Waals surface area contributed by atoms with Gasteiger partial charge in [0, 0.05) is 14.1 Å². The number of hydrogen-bond donors (Lipinski definition) is 0. The summed E-state index contributed by atoms with van der Waals surface area (Å²) in [7, 11) is 1.21. The van der Waals surface area contributed by atoms with E-state index >= 15 is 0 Å². The van der Waals surface area contributed by atoms with Crippen LogP contribution in [0.15, 0.2) is 0 Å². The van der Waals surface area contributed by atoms with Crippen LogP contribution >= 0.6 is 0 Å². The maximum absolute atomic E-state index is 11.3. The summed E-state index contributed by atoms with van der Waals surface area (Å²) < 4.78 is 46.1. The highest BCUT2D eigenvalue weighted by atomic mass is 19.5. The van der Waals surface area contributed by atoms with Crippen LogP contribution in [0.1, 0.15) is 13.3 Å². The Labute approximate surface area is 104 Å². The van der Waals surface area contributed by atoms with E-state index in [0.29, 0.717) is 18.9 Å². The Kier molecular flexibility index (Phi) is 9.29. The molecule has 0 heterocycles. The standard InChI is InChI=1S/C9H19N2O2.BF4/c1-6-13-9(11(4)5)7-8(12)10(2)3;2-1(3,4)5/h6-7H2,1-5H3;/q+1;-1. The first-order chi connectivity index (χ1) is 7.99. The second-order valence-electron chi connectivity index (χ2n) is 3.68. The molecule has 4 nitrogen and oxygen atoms in total. The van der Waals surface area contributed by atoms with Gasteiger partial charge in [0.2, 0.25) is 5.91 Å². The Morgan fingerprint density at radius 2 is 1.61 bits per heavy atom. The fourth-order valence-electron chi connectivity index (χ4n) is 0.792. The van der Waals surface area contributed by atoms with Gasteiger partial charge in [0.1, 0.15) is 20.5 Å². The number of hydrogen-bond acceptors (Lipinski definition) is 2. The second kappa shape index (κ2) is 8.76. The predicted octanol–water partition coefficient (Wildman–Crippen LogP) is 1.47. The van der Waals surface area contributed by atoms with Gasteiger partial charge in [-0.3, -0.25) is 4.79 Å². The molecule has 0 saturated carbocycles. The fraction of sp³-hybridized carbons (Fsp3) is 0.778. The van der Waals surface area contributed by atoms with Gasteiger partial charge >= 0.3 is 13.2 Å². The minimum absolute atomic E-state index is 0.0529. The zero-order chi connectivity index (χ0) is 14.9. The molecule has 0 fully saturated rings. The molecule has 0 aromatic heterocycles. The van der Waals surface area contributed by atoms with Crippen LogP contribution in [0.25, 0.3) is 0 Å². The van der Waals surface area contributed by atoms with Crippen molar-refractivity contribution >= 4 is 19.1 Å². The third-order valence-corrected chi connectivity index (χ3v) is 1.61. The van der Waals surface area contributed by atoms with E-state index in [2.05, 4.69) is 0 Å². The van der Waals surface area contributed by atoms with Gasteiger partial charge in [0.15, 0.2) is 0 Å². The van der Waals surface area contributed by atoms with Gasteiger partial charge in [0.25, 0.3) is 0 Å². The highest BCUT2D eigenvalue weighted by Crippen LogP contribution is 2.06. The van der Waals surface area contributed by atoms with E-state index in [1.165, 1.54) is 0 Å². The Balaban J connectivity index is 0. The lowest BCUT2D eigenvalue weighted by Gasteiger charge is -2.10. The Bertz CT molecular complexity index is 283. The zero-order valence-corrected chi connectivity index (χ0v) is 11.2. The number of halogens is 4. The van der Waals surface area contributed by atoms with Crippen LogP contribution in [0.3, 0.4) is 0 Å². The van der Waals surface area contributed by atoms with Crippen molar-refractivity contribution in [2.75, 3.05) is 34.8 Å². The van der Waals surface area contributed by atoms with E-state index in [1.807, 2.05) is 25.6 Å². The van der Waals surface area contributed by atoms with E-state index in [0.717, 1.165) is 0 Å². The molecule has 0 bridgehead atoms. The van der Waals surface area contributed by atoms with Crippen LogP contribution < -0.4 is 0 Å². The first-order valence-corrected chi connectivity index (χ1v) is 5.22. The summed E-state index contributed by atoms with van der Waals surface area (Å²) in [6.45, 7) is 2.50. The van der Waals surface area contributed by atoms with E-state index in [9.17, 15) is 22.1 Å². The molecule has 0 saturated heterocycles. The van der Waals surface area contributed by atoms with Gasteiger partial charge in [-0.2, -0.15) is 0 Å². The van der Waals surface area contributed by atoms with E-state index in [-0.39, 0.29) is 5.91 Å². The van der Waals surface area contributed by atoms with Crippen LogP contribution in [-0.4, -0.2) is 63.3 Å². The SMILES string of the molecule is CCOC(CC(=O)N(C)C)=[N+](C)C.F[B-](F)(F)F. The van der Waals surface area contributed by atoms with Crippen LogP contribution in [0.4, 0.5) is 17.3 Å². The van der Waals surface area contributed by atoms with Crippen LogP contribution in [0.2, 0.25) is 0 Å². The fourth-order valence-corrected chi connectivity index (χ4v) is 0.792. The van der Waals surface area contributed by atoms with Crippen molar-refractivity contribution in [1.82, 2.24) is 4.90 Å². The summed E-state index contributed by atoms with van der Waals surface area (Å²) in [6.07, 6.45) is 0.327. The summed E-state index contributed by atoms with van der Waals surface area (Å²) in [5, 5.41) is 0. The molecular formula is C9H19BF4N2O2. The molecule has 9 heteroatoms. The zero-order valence-electron chi connectivity index (χ0n) is 11.2. The third-order valence-electron chi connectivity index (χ3n) is 1.61. The van der Waals surface area contributed by atoms with Crippen molar-refractivity contribution in [1.29, 1.82) is 0 Å². The van der Waals surface area contributed by atoms with Crippen molar-refractivity contribution in [2.45, 2.75) is 13.3 Å². The third kappa shape index (κ3) is 14.7. The normalized spacial score (nSPS) is 10.1. The van der Waals surface area contributed by atoms with E-state index in [1.54, 1.807) is 19.0 Å². The van der Waals surface area contributed by atoms with Crippen molar-refractivity contribution in [3.63, 3.8) is 0 Å². The summed E-state index contributed by atoms with van der Waals surface area (Å²) in [4.78, 5) is 12.9. The molecule has 0 atom stereocenters. The van der Waals surface area contributed by atoms with Gasteiger partial charge < -0.3 is 26.9 Å². The number of rotatable bonds is 3. The average Bonchev–Trinajstić information content (AvgIpc) is 2.13. The Hall–Kier alpha value is -1.28. The average molecular weight is 274 g/mol. The molecule has 0 aliphatic heterocycles. The molecule has 108 valence electrons. The number of carbonyl (C=O) groups is 1. The van der Waals surface area contributed by atoms with Crippen molar-refractivity contribution in [3.05, 3.63) is 0 Å². The minimum Gasteiger partial charge on any atom is -0.448 e. The molecular weight excluding hydrogens is 255 g/mol. The second-order valence-corrected chi connectivity index (χ2v) is 3.68. The van der Waals surface area contributed by atoms with Crippen LogP contribution in [0.5, 0.6) is 0 Å². The molecule has 0 aromatic carbocycles. The minimum atomic E-state index is -6.00. The highest BCUT2D eigenvalue weighted by Gasteiger charge is 2.20. The lowest BCUT2D eigenvalue weighted by atomic mass is 10.3. The van der Waals surface area contributed by atoms with Crippen LogP contribution in [0, 0.1) is 0 Å². The molecule has 0 radical (unpaired) electrons. The van der Waals surface area contributed by atoms with Crippen molar-refractivity contribution in [2.24, 2.45) is 0 Å². The lowest BCUT2D eigenvalue weighted by molar-refractivity contribution is -0.475. The summed E-state index contributed by atoms with van der Waals surface area (Å²) in [5.41, 5.74) is 0. The molecule has 0 N–H and O–H groups in total. The van der Waals surface area contributed by atoms with Crippen molar-refractivity contribution < 1.29 is 31.4 Å². The van der Waals surface area contributed by atoms with Gasteiger partial charge in [-0.15, -0.1) is 0 Å². The maximum Gasteiger partial charge on any atom is 0.673 e. The predicted molar refractivity (Wildman–Crippen MR) is 62.2 cm³/mol. The monoisotopic (exact) mass is 274 g/mol. The van der Waals surface area contributed by atoms with Crippen molar-refractivity contribution in [3.8, 4) is 0 Å². The number of amides is 1. The van der Waals surface area contributed by atoms with E-state index in [4.69, 9.17) is 4.74 Å². The molecule has 0 spiro atoms. The quantitative estimate of drug-likeness (QED) is 0.257. The number of nitrogens with zero attached hydrogens (tertiary/aromatic N) is 2. The number of ether oxygens (including phenoxy) is 1. The topological polar surface area (TPSA) is 32.5 Å². The lowest BCUT2D eigenvalue weighted by Crippen LogP contribution is -2.28. The number of carbonyl (C=O) groups excluding carboxylic acids is 1. The summed E-state index contributed by atoms with van der Waals surface area (Å²) in [5.74, 6) is 0.762. The smallest absolute Gasteiger partial charge is 0.448 e. The summed E-state index contributed by atoms with van der Waals surface area (Å²) >= 11 is 0. The molecule has 18 heavy (non-hydrogen) atoms. The van der Waals surface area contributed by atoms with Gasteiger partial charge in [-0.25, -0.2) is 4.58 Å². The highest BCUT2D eigenvalue weighted by molar-refractivity contribution is 6.50. The van der Waals surface area contributed by atoms with Gasteiger partial charge in [-0.1, -0.05) is 0 Å². The van der Waals surface area contributed by atoms with Gasteiger partial charge in [0.05, 0.1) is 6.61 Å². The summed E-state index contributed by atoms with van der Waals surface area (Å²) in [6, 6.07) is 0.